The van der Waals surface area contributed by atoms with Crippen LogP contribution in [-0.2, 0) is 14.3 Å². The van der Waals surface area contributed by atoms with E-state index in [2.05, 4.69) is 4.98 Å². The Morgan fingerprint density at radius 2 is 2.27 bits per heavy atom. The molecule has 0 radical (unpaired) electrons. The van der Waals surface area contributed by atoms with Crippen molar-refractivity contribution >= 4 is 23.4 Å². The maximum absolute atomic E-state index is 15.1. The van der Waals surface area contributed by atoms with Crippen LogP contribution in [-0.4, -0.2) is 57.0 Å². The van der Waals surface area contributed by atoms with Gasteiger partial charge in [0.15, 0.2) is 18.5 Å². The van der Waals surface area contributed by atoms with E-state index in [9.17, 15) is 14.7 Å². The van der Waals surface area contributed by atoms with Crippen molar-refractivity contribution in [3.05, 3.63) is 22.7 Å². The number of hydrogen-bond donors (Lipinski definition) is 3. The van der Waals surface area contributed by atoms with Gasteiger partial charge in [0.1, 0.15) is 17.5 Å². The predicted molar refractivity (Wildman–Crippen MR) is 91.2 cm³/mol. The fraction of sp³-hybridized carbons (Fsp3) is 0.667. The number of aromatic nitrogens is 2. The number of carbonyl (C=O) groups is 1. The van der Waals surface area contributed by atoms with Gasteiger partial charge in [-0.1, -0.05) is 13.8 Å². The van der Waals surface area contributed by atoms with Gasteiger partial charge in [0.2, 0.25) is 0 Å². The van der Waals surface area contributed by atoms with E-state index in [0.717, 1.165) is 4.57 Å². The molecule has 1 aromatic heterocycles. The first-order valence-electron chi connectivity index (χ1n) is 7.96. The number of alkyl halides is 2. The molecule has 2 heterocycles. The molecular weight excluding hydrogens is 371 g/mol. The van der Waals surface area contributed by atoms with Gasteiger partial charge in [0, 0.05) is 6.20 Å². The van der Waals surface area contributed by atoms with E-state index in [1.165, 1.54) is 12.3 Å². The van der Waals surface area contributed by atoms with Crippen LogP contribution in [0.25, 0.3) is 0 Å². The summed E-state index contributed by atoms with van der Waals surface area (Å²) >= 11 is 5.87. The summed E-state index contributed by atoms with van der Waals surface area (Å²) in [5, 5.41) is 9.72. The summed E-state index contributed by atoms with van der Waals surface area (Å²) in [7, 11) is 0. The number of rotatable bonds is 6. The molecule has 0 aliphatic carbocycles. The van der Waals surface area contributed by atoms with E-state index >= 15 is 4.39 Å². The number of esters is 1. The highest BCUT2D eigenvalue weighted by molar-refractivity contribution is 6.18. The van der Waals surface area contributed by atoms with E-state index in [1.807, 2.05) is 0 Å². The van der Waals surface area contributed by atoms with Crippen molar-refractivity contribution in [2.24, 2.45) is 11.7 Å². The second-order valence-corrected chi connectivity index (χ2v) is 6.75. The average Bonchev–Trinajstić information content (AvgIpc) is 2.87. The number of nitrogens with zero attached hydrogens (tertiary/aromatic N) is 2. The lowest BCUT2D eigenvalue weighted by Crippen LogP contribution is -2.52. The number of anilines is 1. The van der Waals surface area contributed by atoms with Gasteiger partial charge in [-0.05, 0) is 12.0 Å². The molecule has 0 aromatic carbocycles. The van der Waals surface area contributed by atoms with Gasteiger partial charge >= 0.3 is 11.7 Å². The first-order chi connectivity index (χ1) is 12.2. The summed E-state index contributed by atoms with van der Waals surface area (Å²) in [6.45, 7) is 2.67. The molecule has 1 fully saturated rings. The molecule has 9 nitrogen and oxygen atoms in total. The van der Waals surface area contributed by atoms with Crippen molar-refractivity contribution in [2.45, 2.75) is 44.0 Å². The van der Waals surface area contributed by atoms with E-state index in [1.54, 1.807) is 13.8 Å². The van der Waals surface area contributed by atoms with E-state index in [4.69, 9.17) is 32.5 Å². The third kappa shape index (κ3) is 3.68. The minimum absolute atomic E-state index is 0.0451. The smallest absolute Gasteiger partial charge is 0.351 e. The Morgan fingerprint density at radius 1 is 1.62 bits per heavy atom. The highest BCUT2D eigenvalue weighted by Crippen LogP contribution is 2.41. The molecule has 11 heteroatoms. The number of aliphatic hydroxyl groups excluding tert-OH is 1. The third-order valence-corrected chi connectivity index (χ3v) is 4.74. The van der Waals surface area contributed by atoms with E-state index in [0.29, 0.717) is 0 Å². The van der Waals surface area contributed by atoms with Crippen LogP contribution in [0.1, 0.15) is 20.1 Å². The zero-order valence-corrected chi connectivity index (χ0v) is 15.1. The summed E-state index contributed by atoms with van der Waals surface area (Å²) in [5.74, 6) is -1.53. The first-order valence-corrected chi connectivity index (χ1v) is 8.49. The van der Waals surface area contributed by atoms with Crippen LogP contribution in [0.3, 0.4) is 0 Å². The summed E-state index contributed by atoms with van der Waals surface area (Å²) in [6, 6.07) is 0.293. The molecule has 5 N–H and O–H groups in total. The molecule has 1 aliphatic heterocycles. The largest absolute Gasteiger partial charge is 0.455 e. The lowest BCUT2D eigenvalue weighted by atomic mass is 9.98. The van der Waals surface area contributed by atoms with Gasteiger partial charge in [-0.15, -0.1) is 11.6 Å². The lowest BCUT2D eigenvalue weighted by molar-refractivity contribution is -0.167. The van der Waals surface area contributed by atoms with Gasteiger partial charge in [-0.3, -0.25) is 9.36 Å². The van der Waals surface area contributed by atoms with Crippen LogP contribution in [0.5, 0.6) is 0 Å². The minimum Gasteiger partial charge on any atom is -0.455 e. The first kappa shape index (κ1) is 20.6. The molecule has 146 valence electrons. The Hall–Kier alpha value is -1.75. The number of aliphatic hydroxyl groups is 1. The molecule has 0 spiro atoms. The number of halogens is 2. The summed E-state index contributed by atoms with van der Waals surface area (Å²) in [6.07, 6.45) is -3.86. The predicted octanol–water partition coefficient (Wildman–Crippen LogP) is -0.443. The van der Waals surface area contributed by atoms with Crippen molar-refractivity contribution in [2.75, 3.05) is 18.2 Å². The van der Waals surface area contributed by atoms with Gasteiger partial charge in [-0.25, -0.2) is 9.18 Å². The number of hydrogen-bond acceptors (Lipinski definition) is 8. The second kappa shape index (κ2) is 7.87. The van der Waals surface area contributed by atoms with E-state index < -0.39 is 48.4 Å². The normalized spacial score (nSPS) is 29.7. The highest BCUT2D eigenvalue weighted by atomic mass is 35.5. The maximum Gasteiger partial charge on any atom is 0.351 e. The van der Waals surface area contributed by atoms with Crippen molar-refractivity contribution in [1.29, 1.82) is 0 Å². The molecule has 0 unspecified atom stereocenters. The lowest BCUT2D eigenvalue weighted by Gasteiger charge is -2.30. The number of nitrogen functional groups attached to an aromatic ring is 1. The Labute approximate surface area is 154 Å². The Kier molecular flexibility index (Phi) is 6.22. The summed E-state index contributed by atoms with van der Waals surface area (Å²) < 4.78 is 26.7. The molecule has 26 heavy (non-hydrogen) atoms. The molecule has 1 aliphatic rings. The number of ether oxygens (including phenoxy) is 2. The van der Waals surface area contributed by atoms with Crippen LogP contribution in [0.2, 0.25) is 0 Å². The summed E-state index contributed by atoms with van der Waals surface area (Å²) in [4.78, 5) is 27.7. The van der Waals surface area contributed by atoms with Gasteiger partial charge < -0.3 is 26.0 Å². The zero-order chi connectivity index (χ0) is 19.6. The van der Waals surface area contributed by atoms with Crippen molar-refractivity contribution in [3.8, 4) is 0 Å². The van der Waals surface area contributed by atoms with Crippen LogP contribution < -0.4 is 17.2 Å². The number of carbonyl (C=O) groups excluding carboxylic acids is 1. The van der Waals surface area contributed by atoms with Crippen LogP contribution in [0.15, 0.2) is 17.1 Å². The molecule has 1 aromatic rings. The minimum atomic E-state index is -1.99. The number of nitrogens with two attached hydrogens (primary N) is 2. The quantitative estimate of drug-likeness (QED) is 0.436. The highest BCUT2D eigenvalue weighted by Gasteiger charge is 2.58. The monoisotopic (exact) mass is 392 g/mol. The second-order valence-electron chi connectivity index (χ2n) is 6.48. The molecule has 5 atom stereocenters. The SMILES string of the molecule is CC(C)[C@H](N)C(=O)O[C@H]1[C@@H](F)[C@H](n2ccc(N)nc2=O)O[C@@]1(CO)CCl. The van der Waals surface area contributed by atoms with Gasteiger partial charge in [-0.2, -0.15) is 4.98 Å². The molecule has 1 saturated heterocycles. The Balaban J connectivity index is 2.36. The van der Waals surface area contributed by atoms with E-state index in [-0.39, 0.29) is 17.6 Å². The third-order valence-electron chi connectivity index (χ3n) is 4.29. The van der Waals surface area contributed by atoms with Crippen LogP contribution >= 0.6 is 11.6 Å². The standard InChI is InChI=1S/C15H22ClFN4O5/c1-7(2)10(19)13(23)25-11-9(17)12(26-15(11,5-16)6-22)21-4-3-8(18)20-14(21)24/h3-4,7,9-12,22H,5-6,19H2,1-2H3,(H2,18,20,24)/t9-,10+,11+,12-,15-/m1/s1. The van der Waals surface area contributed by atoms with Crippen molar-refractivity contribution in [1.82, 2.24) is 9.55 Å². The molecule has 0 saturated carbocycles. The fourth-order valence-electron chi connectivity index (χ4n) is 2.57. The molecular formula is C15H22ClFN4O5. The fourth-order valence-corrected chi connectivity index (χ4v) is 2.87. The van der Waals surface area contributed by atoms with Gasteiger partial charge in [0.25, 0.3) is 0 Å². The van der Waals surface area contributed by atoms with Crippen molar-refractivity contribution < 1.29 is 23.8 Å². The van der Waals surface area contributed by atoms with Crippen LogP contribution in [0, 0.1) is 5.92 Å². The summed E-state index contributed by atoms with van der Waals surface area (Å²) in [5.41, 5.74) is 8.55. The zero-order valence-electron chi connectivity index (χ0n) is 14.3. The average molecular weight is 393 g/mol. The Bertz CT molecular complexity index is 712. The topological polar surface area (TPSA) is 143 Å². The van der Waals surface area contributed by atoms with Crippen LogP contribution in [0.4, 0.5) is 10.2 Å². The molecule has 2 rings (SSSR count). The van der Waals surface area contributed by atoms with Gasteiger partial charge in [0.05, 0.1) is 12.5 Å². The maximum atomic E-state index is 15.1. The van der Waals surface area contributed by atoms with Crippen molar-refractivity contribution in [3.63, 3.8) is 0 Å². The molecule has 0 amide bonds. The molecule has 0 bridgehead atoms. The Morgan fingerprint density at radius 3 is 2.77 bits per heavy atom.